The number of rotatable bonds is 6. The maximum atomic E-state index is 12.4. The first kappa shape index (κ1) is 20.1. The van der Waals surface area contributed by atoms with E-state index < -0.39 is 11.9 Å². The quantitative estimate of drug-likeness (QED) is 0.629. The van der Waals surface area contributed by atoms with Crippen LogP contribution < -0.4 is 15.5 Å². The molecule has 0 bridgehead atoms. The van der Waals surface area contributed by atoms with Crippen LogP contribution in [0.25, 0.3) is 11.3 Å². The molecule has 3 heterocycles. The van der Waals surface area contributed by atoms with E-state index >= 15 is 0 Å². The second kappa shape index (κ2) is 9.10. The molecule has 1 aliphatic heterocycles. The van der Waals surface area contributed by atoms with Crippen LogP contribution in [-0.2, 0) is 9.53 Å². The van der Waals surface area contributed by atoms with Crippen LogP contribution in [0.1, 0.15) is 17.5 Å². The second-order valence-corrected chi connectivity index (χ2v) is 7.69. The van der Waals surface area contributed by atoms with E-state index in [-0.39, 0.29) is 11.7 Å². The number of carbonyl (C=O) groups excluding carboxylic acids is 2. The summed E-state index contributed by atoms with van der Waals surface area (Å²) in [6.45, 7) is 4.78. The highest BCUT2D eigenvalue weighted by Crippen LogP contribution is 2.28. The van der Waals surface area contributed by atoms with Gasteiger partial charge in [0.1, 0.15) is 6.04 Å². The van der Waals surface area contributed by atoms with Crippen LogP contribution in [0.4, 0.5) is 10.8 Å². The topological polar surface area (TPSA) is 96.7 Å². The average Bonchev–Trinajstić information content (AvgIpc) is 3.47. The lowest BCUT2D eigenvalue weighted by atomic mass is 10.1. The summed E-state index contributed by atoms with van der Waals surface area (Å²) in [5.74, 6) is -0.581. The minimum absolute atomic E-state index is 0.165. The van der Waals surface area contributed by atoms with Gasteiger partial charge in [0.25, 0.3) is 5.91 Å². The zero-order valence-corrected chi connectivity index (χ0v) is 17.3. The molecule has 156 valence electrons. The van der Waals surface area contributed by atoms with Crippen molar-refractivity contribution in [3.8, 4) is 11.3 Å². The molecule has 0 spiro atoms. The maximum Gasteiger partial charge on any atom is 0.287 e. The molecule has 1 aliphatic rings. The molecule has 0 radical (unpaired) electrons. The third-order valence-corrected chi connectivity index (χ3v) is 5.61. The van der Waals surface area contributed by atoms with Crippen LogP contribution in [0.15, 0.2) is 52.5 Å². The number of aromatic nitrogens is 1. The predicted octanol–water partition coefficient (Wildman–Crippen LogP) is 3.00. The highest BCUT2D eigenvalue weighted by Gasteiger charge is 2.19. The van der Waals surface area contributed by atoms with E-state index in [1.807, 2.05) is 29.6 Å². The van der Waals surface area contributed by atoms with Gasteiger partial charge in [-0.2, -0.15) is 0 Å². The van der Waals surface area contributed by atoms with Gasteiger partial charge in [-0.3, -0.25) is 9.59 Å². The van der Waals surface area contributed by atoms with Crippen molar-refractivity contribution in [3.63, 3.8) is 0 Å². The van der Waals surface area contributed by atoms with E-state index in [0.717, 1.165) is 42.7 Å². The summed E-state index contributed by atoms with van der Waals surface area (Å²) < 4.78 is 10.4. The van der Waals surface area contributed by atoms with Gasteiger partial charge >= 0.3 is 0 Å². The molecule has 0 aliphatic carbocycles. The van der Waals surface area contributed by atoms with E-state index in [9.17, 15) is 9.59 Å². The maximum absolute atomic E-state index is 12.4. The molecule has 30 heavy (non-hydrogen) atoms. The van der Waals surface area contributed by atoms with Gasteiger partial charge in [-0.05, 0) is 31.2 Å². The number of anilines is 2. The summed E-state index contributed by atoms with van der Waals surface area (Å²) in [6, 6.07) is 9.93. The Bertz CT molecular complexity index is 994. The van der Waals surface area contributed by atoms with Gasteiger partial charge in [0.05, 0.1) is 25.2 Å². The van der Waals surface area contributed by atoms with Crippen molar-refractivity contribution < 1.29 is 18.7 Å². The minimum Gasteiger partial charge on any atom is -0.459 e. The lowest BCUT2D eigenvalue weighted by molar-refractivity contribution is -0.117. The Labute approximate surface area is 177 Å². The first-order valence-corrected chi connectivity index (χ1v) is 10.5. The fourth-order valence-corrected chi connectivity index (χ4v) is 3.90. The van der Waals surface area contributed by atoms with Crippen molar-refractivity contribution >= 4 is 34.0 Å². The second-order valence-electron chi connectivity index (χ2n) is 6.85. The lowest BCUT2D eigenvalue weighted by Gasteiger charge is -2.26. The normalized spacial score (nSPS) is 14.9. The molecule has 9 heteroatoms. The van der Waals surface area contributed by atoms with Crippen molar-refractivity contribution in [2.45, 2.75) is 13.0 Å². The Morgan fingerprint density at radius 1 is 1.17 bits per heavy atom. The molecule has 1 saturated heterocycles. The number of amides is 2. The standard InChI is InChI=1S/C21H22N4O4S/c1-14(22-20(27)18-3-2-10-29-18)19(26)23-16-6-4-15(5-7-16)17-13-30-21(24-17)25-8-11-28-12-9-25/h2-7,10,13-14H,8-9,11-12H2,1H3,(H,22,27)(H,23,26). The largest absolute Gasteiger partial charge is 0.459 e. The van der Waals surface area contributed by atoms with Crippen molar-refractivity contribution in [3.05, 3.63) is 53.8 Å². The zero-order chi connectivity index (χ0) is 20.9. The molecular weight excluding hydrogens is 404 g/mol. The van der Waals surface area contributed by atoms with Gasteiger partial charge in [-0.1, -0.05) is 12.1 Å². The third-order valence-electron chi connectivity index (χ3n) is 4.71. The monoisotopic (exact) mass is 426 g/mol. The van der Waals surface area contributed by atoms with E-state index in [1.54, 1.807) is 30.4 Å². The van der Waals surface area contributed by atoms with Crippen LogP contribution in [-0.4, -0.2) is 49.1 Å². The number of hydrogen-bond acceptors (Lipinski definition) is 7. The van der Waals surface area contributed by atoms with Gasteiger partial charge in [0.2, 0.25) is 5.91 Å². The summed E-state index contributed by atoms with van der Waals surface area (Å²) in [5.41, 5.74) is 2.52. The summed E-state index contributed by atoms with van der Waals surface area (Å²) in [4.78, 5) is 31.3. The van der Waals surface area contributed by atoms with Gasteiger partial charge in [0.15, 0.2) is 10.9 Å². The van der Waals surface area contributed by atoms with Gasteiger partial charge in [0, 0.05) is 29.7 Å². The molecule has 0 saturated carbocycles. The number of ether oxygens (including phenoxy) is 1. The van der Waals surface area contributed by atoms with Crippen LogP contribution in [0, 0.1) is 0 Å². The Hall–Kier alpha value is -3.17. The van der Waals surface area contributed by atoms with Crippen molar-refractivity contribution in [2.24, 2.45) is 0 Å². The van der Waals surface area contributed by atoms with E-state index in [2.05, 4.69) is 15.5 Å². The van der Waals surface area contributed by atoms with E-state index in [1.165, 1.54) is 6.26 Å². The van der Waals surface area contributed by atoms with E-state index in [0.29, 0.717) is 5.69 Å². The molecule has 1 fully saturated rings. The summed E-state index contributed by atoms with van der Waals surface area (Å²) >= 11 is 1.62. The summed E-state index contributed by atoms with van der Waals surface area (Å²) in [5, 5.41) is 8.44. The number of nitrogens with one attached hydrogen (secondary N) is 2. The van der Waals surface area contributed by atoms with Gasteiger partial charge in [-0.15, -0.1) is 11.3 Å². The van der Waals surface area contributed by atoms with Crippen LogP contribution in [0.3, 0.4) is 0 Å². The highest BCUT2D eigenvalue weighted by atomic mass is 32.1. The Morgan fingerprint density at radius 3 is 2.63 bits per heavy atom. The van der Waals surface area contributed by atoms with Gasteiger partial charge in [-0.25, -0.2) is 4.98 Å². The van der Waals surface area contributed by atoms with Crippen molar-refractivity contribution in [1.29, 1.82) is 0 Å². The zero-order valence-electron chi connectivity index (χ0n) is 16.5. The lowest BCUT2D eigenvalue weighted by Crippen LogP contribution is -2.41. The fraction of sp³-hybridized carbons (Fsp3) is 0.286. The number of benzene rings is 1. The number of thiazole rings is 1. The van der Waals surface area contributed by atoms with Crippen LogP contribution in [0.5, 0.6) is 0 Å². The Kier molecular flexibility index (Phi) is 6.10. The SMILES string of the molecule is CC(NC(=O)c1ccco1)C(=O)Nc1ccc(-c2csc(N3CCOCC3)n2)cc1. The average molecular weight is 426 g/mol. The molecule has 1 atom stereocenters. The Balaban J connectivity index is 1.34. The van der Waals surface area contributed by atoms with Crippen molar-refractivity contribution in [2.75, 3.05) is 36.5 Å². The smallest absolute Gasteiger partial charge is 0.287 e. The number of nitrogens with zero attached hydrogens (tertiary/aromatic N) is 2. The Morgan fingerprint density at radius 2 is 1.93 bits per heavy atom. The molecule has 1 aromatic carbocycles. The van der Waals surface area contributed by atoms with Gasteiger partial charge < -0.3 is 24.7 Å². The molecular formula is C21H22N4O4S. The molecule has 2 amide bonds. The third kappa shape index (κ3) is 4.69. The van der Waals surface area contributed by atoms with Crippen LogP contribution in [0.2, 0.25) is 0 Å². The molecule has 3 aromatic rings. The highest BCUT2D eigenvalue weighted by molar-refractivity contribution is 7.14. The van der Waals surface area contributed by atoms with Crippen LogP contribution >= 0.6 is 11.3 Å². The minimum atomic E-state index is -0.711. The van der Waals surface area contributed by atoms with E-state index in [4.69, 9.17) is 14.1 Å². The molecule has 2 N–H and O–H groups in total. The van der Waals surface area contributed by atoms with Crippen molar-refractivity contribution in [1.82, 2.24) is 10.3 Å². The summed E-state index contributed by atoms with van der Waals surface area (Å²) in [6.07, 6.45) is 1.41. The first-order chi connectivity index (χ1) is 14.6. The number of morpholine rings is 1. The number of carbonyl (C=O) groups is 2. The number of furan rings is 1. The fourth-order valence-electron chi connectivity index (χ4n) is 3.01. The molecule has 8 nitrogen and oxygen atoms in total. The summed E-state index contributed by atoms with van der Waals surface area (Å²) in [7, 11) is 0. The first-order valence-electron chi connectivity index (χ1n) is 9.64. The predicted molar refractivity (Wildman–Crippen MR) is 115 cm³/mol. The molecule has 4 rings (SSSR count). The molecule has 2 aromatic heterocycles. The molecule has 1 unspecified atom stereocenters. The number of hydrogen-bond donors (Lipinski definition) is 2.